The lowest BCUT2D eigenvalue weighted by atomic mass is 10.0. The van der Waals surface area contributed by atoms with Crippen LogP contribution in [-0.2, 0) is 9.59 Å². The summed E-state index contributed by atoms with van der Waals surface area (Å²) in [5.41, 5.74) is 1.24. The topological polar surface area (TPSA) is 67.4 Å². The van der Waals surface area contributed by atoms with E-state index in [0.717, 1.165) is 0 Å². The minimum absolute atomic E-state index is 0.170. The molecular weight excluding hydrogens is 352 g/mol. The van der Waals surface area contributed by atoms with Crippen LogP contribution in [0, 0.1) is 5.92 Å². The van der Waals surface area contributed by atoms with E-state index in [1.807, 2.05) is 32.0 Å². The molecule has 2 N–H and O–H groups in total. The van der Waals surface area contributed by atoms with Crippen molar-refractivity contribution in [1.82, 2.24) is 5.32 Å². The van der Waals surface area contributed by atoms with Crippen LogP contribution in [0.2, 0.25) is 5.02 Å². The number of hydrogen-bond donors (Lipinski definition) is 2. The number of benzene rings is 2. The van der Waals surface area contributed by atoms with E-state index < -0.39 is 6.04 Å². The van der Waals surface area contributed by atoms with Crippen molar-refractivity contribution in [2.75, 3.05) is 12.4 Å². The largest absolute Gasteiger partial charge is 0.495 e. The summed E-state index contributed by atoms with van der Waals surface area (Å²) in [6.45, 7) is 3.91. The second-order valence-corrected chi connectivity index (χ2v) is 6.75. The maximum Gasteiger partial charge on any atom is 0.251 e. The molecule has 0 saturated carbocycles. The molecule has 2 rings (SSSR count). The highest BCUT2D eigenvalue weighted by molar-refractivity contribution is 6.32. The van der Waals surface area contributed by atoms with Crippen molar-refractivity contribution in [1.29, 1.82) is 0 Å². The van der Waals surface area contributed by atoms with Crippen LogP contribution in [0.4, 0.5) is 5.69 Å². The lowest BCUT2D eigenvalue weighted by Gasteiger charge is -2.20. The quantitative estimate of drug-likeness (QED) is 0.763. The summed E-state index contributed by atoms with van der Waals surface area (Å²) in [5.74, 6) is 0.218. The number of carbonyl (C=O) groups is 2. The van der Waals surface area contributed by atoms with Gasteiger partial charge in [0.1, 0.15) is 11.8 Å². The van der Waals surface area contributed by atoms with Gasteiger partial charge in [-0.25, -0.2) is 0 Å². The molecule has 5 nitrogen and oxygen atoms in total. The van der Waals surface area contributed by atoms with Gasteiger partial charge in [0, 0.05) is 12.1 Å². The van der Waals surface area contributed by atoms with Crippen molar-refractivity contribution < 1.29 is 14.3 Å². The Balaban J connectivity index is 2.20. The fourth-order valence-electron chi connectivity index (χ4n) is 2.50. The Bertz CT molecular complexity index is 763. The molecule has 0 saturated heterocycles. The Labute approximate surface area is 158 Å². The van der Waals surface area contributed by atoms with Crippen LogP contribution < -0.4 is 15.4 Å². The zero-order valence-electron chi connectivity index (χ0n) is 15.1. The molecule has 2 aromatic carbocycles. The second kappa shape index (κ2) is 9.25. The maximum absolute atomic E-state index is 12.8. The molecule has 138 valence electrons. The van der Waals surface area contributed by atoms with Crippen molar-refractivity contribution in [3.63, 3.8) is 0 Å². The molecule has 26 heavy (non-hydrogen) atoms. The van der Waals surface area contributed by atoms with Gasteiger partial charge in [-0.3, -0.25) is 9.59 Å². The lowest BCUT2D eigenvalue weighted by Crippen LogP contribution is -2.37. The summed E-state index contributed by atoms with van der Waals surface area (Å²) in [6, 6.07) is 13.3. The number of anilines is 1. The van der Waals surface area contributed by atoms with Crippen LogP contribution in [0.3, 0.4) is 0 Å². The van der Waals surface area contributed by atoms with Crippen LogP contribution >= 0.6 is 11.6 Å². The van der Waals surface area contributed by atoms with Gasteiger partial charge in [-0.15, -0.1) is 0 Å². The standard InChI is InChI=1S/C20H23ClN2O3/c1-13(2)11-18(24)23-19(14-7-5-4-6-8-14)20(25)22-15-9-10-17(26-3)16(21)12-15/h4-10,12-13,19H,11H2,1-3H3,(H,22,25)(H,23,24). The fraction of sp³-hybridized carbons (Fsp3) is 0.300. The summed E-state index contributed by atoms with van der Waals surface area (Å²) in [6.07, 6.45) is 0.352. The van der Waals surface area contributed by atoms with Crippen LogP contribution in [0.25, 0.3) is 0 Å². The van der Waals surface area contributed by atoms with E-state index >= 15 is 0 Å². The smallest absolute Gasteiger partial charge is 0.251 e. The summed E-state index contributed by atoms with van der Waals surface area (Å²) in [4.78, 5) is 25.0. The Hall–Kier alpha value is -2.53. The molecule has 1 atom stereocenters. The third-order valence-electron chi connectivity index (χ3n) is 3.71. The number of rotatable bonds is 7. The zero-order chi connectivity index (χ0) is 19.1. The number of nitrogens with one attached hydrogen (secondary N) is 2. The summed E-state index contributed by atoms with van der Waals surface area (Å²) in [7, 11) is 1.52. The molecule has 0 spiro atoms. The summed E-state index contributed by atoms with van der Waals surface area (Å²) >= 11 is 6.11. The van der Waals surface area contributed by atoms with Crippen molar-refractivity contribution in [3.8, 4) is 5.75 Å². The number of amides is 2. The van der Waals surface area contributed by atoms with Crippen LogP contribution in [0.5, 0.6) is 5.75 Å². The van der Waals surface area contributed by atoms with Crippen molar-refractivity contribution in [3.05, 3.63) is 59.1 Å². The first-order valence-electron chi connectivity index (χ1n) is 8.39. The molecule has 0 aliphatic heterocycles. The Morgan fingerprint density at radius 2 is 1.81 bits per heavy atom. The highest BCUT2D eigenvalue weighted by Gasteiger charge is 2.23. The third kappa shape index (κ3) is 5.49. The van der Waals surface area contributed by atoms with E-state index in [-0.39, 0.29) is 17.7 Å². The predicted octanol–water partition coefficient (Wildman–Crippen LogP) is 4.19. The molecule has 0 aliphatic carbocycles. The zero-order valence-corrected chi connectivity index (χ0v) is 15.8. The highest BCUT2D eigenvalue weighted by atomic mass is 35.5. The summed E-state index contributed by atoms with van der Waals surface area (Å²) in [5, 5.41) is 6.00. The van der Waals surface area contributed by atoms with Gasteiger partial charge in [0.2, 0.25) is 5.91 Å². The van der Waals surface area contributed by atoms with Gasteiger partial charge in [0.05, 0.1) is 12.1 Å². The first-order valence-corrected chi connectivity index (χ1v) is 8.77. The van der Waals surface area contributed by atoms with Gasteiger partial charge < -0.3 is 15.4 Å². The number of carbonyl (C=O) groups excluding carboxylic acids is 2. The van der Waals surface area contributed by atoms with E-state index in [1.165, 1.54) is 7.11 Å². The highest BCUT2D eigenvalue weighted by Crippen LogP contribution is 2.27. The number of halogens is 1. The maximum atomic E-state index is 12.8. The second-order valence-electron chi connectivity index (χ2n) is 6.35. The van der Waals surface area contributed by atoms with Gasteiger partial charge in [-0.05, 0) is 29.7 Å². The average molecular weight is 375 g/mol. The first-order chi connectivity index (χ1) is 12.4. The normalized spacial score (nSPS) is 11.7. The molecule has 2 aromatic rings. The molecule has 6 heteroatoms. The van der Waals surface area contributed by atoms with Gasteiger partial charge in [0.25, 0.3) is 5.91 Å². The SMILES string of the molecule is COc1ccc(NC(=O)C(NC(=O)CC(C)C)c2ccccc2)cc1Cl. The van der Waals surface area contributed by atoms with E-state index in [1.54, 1.807) is 30.3 Å². The van der Waals surface area contributed by atoms with E-state index in [2.05, 4.69) is 10.6 Å². The Morgan fingerprint density at radius 1 is 1.12 bits per heavy atom. The van der Waals surface area contributed by atoms with E-state index in [0.29, 0.717) is 28.4 Å². The molecule has 1 unspecified atom stereocenters. The number of methoxy groups -OCH3 is 1. The van der Waals surface area contributed by atoms with Gasteiger partial charge in [-0.1, -0.05) is 55.8 Å². The first kappa shape index (κ1) is 19.8. The number of hydrogen-bond acceptors (Lipinski definition) is 3. The number of ether oxygens (including phenoxy) is 1. The molecular formula is C20H23ClN2O3. The average Bonchev–Trinajstić information content (AvgIpc) is 2.60. The molecule has 0 aliphatic rings. The van der Waals surface area contributed by atoms with E-state index in [4.69, 9.17) is 16.3 Å². The van der Waals surface area contributed by atoms with Crippen LogP contribution in [0.15, 0.2) is 48.5 Å². The van der Waals surface area contributed by atoms with Crippen molar-refractivity contribution in [2.24, 2.45) is 5.92 Å². The minimum atomic E-state index is -0.789. The lowest BCUT2D eigenvalue weighted by molar-refractivity contribution is -0.127. The predicted molar refractivity (Wildman–Crippen MR) is 103 cm³/mol. The van der Waals surface area contributed by atoms with Gasteiger partial charge in [0.15, 0.2) is 0 Å². The fourth-order valence-corrected chi connectivity index (χ4v) is 2.75. The van der Waals surface area contributed by atoms with Crippen molar-refractivity contribution >= 4 is 29.1 Å². The molecule has 0 aromatic heterocycles. The minimum Gasteiger partial charge on any atom is -0.495 e. The molecule has 0 bridgehead atoms. The molecule has 0 heterocycles. The van der Waals surface area contributed by atoms with Crippen LogP contribution in [0.1, 0.15) is 31.9 Å². The monoisotopic (exact) mass is 374 g/mol. The van der Waals surface area contributed by atoms with Crippen LogP contribution in [-0.4, -0.2) is 18.9 Å². The molecule has 0 radical (unpaired) electrons. The van der Waals surface area contributed by atoms with Gasteiger partial charge >= 0.3 is 0 Å². The van der Waals surface area contributed by atoms with E-state index in [9.17, 15) is 9.59 Å². The van der Waals surface area contributed by atoms with Crippen molar-refractivity contribution in [2.45, 2.75) is 26.3 Å². The Morgan fingerprint density at radius 3 is 2.38 bits per heavy atom. The Kier molecular flexibility index (Phi) is 7.04. The molecule has 0 fully saturated rings. The third-order valence-corrected chi connectivity index (χ3v) is 4.01. The molecule has 2 amide bonds. The summed E-state index contributed by atoms with van der Waals surface area (Å²) < 4.78 is 5.11. The van der Waals surface area contributed by atoms with Gasteiger partial charge in [-0.2, -0.15) is 0 Å².